The molecule has 15 heavy (non-hydrogen) atoms. The van der Waals surface area contributed by atoms with Crippen molar-refractivity contribution in [3.05, 3.63) is 36.9 Å². The Labute approximate surface area is 97.0 Å². The molecule has 1 aromatic carbocycles. The molecule has 1 N–H and O–H groups in total. The number of benzene rings is 1. The van der Waals surface area contributed by atoms with Gasteiger partial charge in [-0.05, 0) is 50.3 Å². The molecule has 0 amide bonds. The number of thioether (sulfide) groups is 1. The Balaban J connectivity index is 2.45. The summed E-state index contributed by atoms with van der Waals surface area (Å²) in [6, 6.07) is 9.07. The Hall–Kier alpha value is -0.890. The van der Waals surface area contributed by atoms with Crippen molar-refractivity contribution in [1.82, 2.24) is 0 Å². The largest absolute Gasteiger partial charge is 0.383 e. The van der Waals surface area contributed by atoms with Crippen LogP contribution in [0.15, 0.2) is 41.8 Å². The van der Waals surface area contributed by atoms with Gasteiger partial charge < -0.3 is 5.32 Å². The van der Waals surface area contributed by atoms with Gasteiger partial charge in [0.05, 0.1) is 0 Å². The highest BCUT2D eigenvalue weighted by Gasteiger charge is 2.00. The van der Waals surface area contributed by atoms with Gasteiger partial charge in [-0.15, -0.1) is 18.3 Å². The molecule has 0 aliphatic carbocycles. The van der Waals surface area contributed by atoms with Crippen LogP contribution in [0.4, 0.5) is 5.69 Å². The zero-order chi connectivity index (χ0) is 11.1. The second-order valence-electron chi connectivity index (χ2n) is 3.64. The van der Waals surface area contributed by atoms with E-state index in [2.05, 4.69) is 49.3 Å². The minimum Gasteiger partial charge on any atom is -0.383 e. The molecular formula is C13H19NS. The molecule has 1 atom stereocenters. The summed E-state index contributed by atoms with van der Waals surface area (Å²) in [5.41, 5.74) is 1.20. The maximum Gasteiger partial charge on any atom is 0.0342 e. The highest BCUT2D eigenvalue weighted by atomic mass is 32.2. The molecule has 0 fully saturated rings. The number of anilines is 1. The summed E-state index contributed by atoms with van der Waals surface area (Å²) in [6.07, 6.45) is 6.26. The molecule has 0 radical (unpaired) electrons. The SMILES string of the molecule is C=CCC[C@H](C)Nc1ccc(SC)cc1. The highest BCUT2D eigenvalue weighted by Crippen LogP contribution is 2.18. The van der Waals surface area contributed by atoms with E-state index in [9.17, 15) is 0 Å². The van der Waals surface area contributed by atoms with E-state index in [-0.39, 0.29) is 0 Å². The fraction of sp³-hybridized carbons (Fsp3) is 0.385. The summed E-state index contributed by atoms with van der Waals surface area (Å²) >= 11 is 1.77. The number of hydrogen-bond donors (Lipinski definition) is 1. The quantitative estimate of drug-likeness (QED) is 0.571. The summed E-state index contributed by atoms with van der Waals surface area (Å²) in [6.45, 7) is 5.93. The summed E-state index contributed by atoms with van der Waals surface area (Å²) in [5.74, 6) is 0. The van der Waals surface area contributed by atoms with Gasteiger partial charge in [0, 0.05) is 16.6 Å². The van der Waals surface area contributed by atoms with Crippen molar-refractivity contribution >= 4 is 17.4 Å². The summed E-state index contributed by atoms with van der Waals surface area (Å²) in [4.78, 5) is 1.30. The first-order valence-corrected chi connectivity index (χ1v) is 6.50. The average molecular weight is 221 g/mol. The van der Waals surface area contributed by atoms with E-state index >= 15 is 0 Å². The predicted molar refractivity (Wildman–Crippen MR) is 70.7 cm³/mol. The standard InChI is InChI=1S/C13H19NS/c1-4-5-6-11(2)14-12-7-9-13(15-3)10-8-12/h4,7-11,14H,1,5-6H2,2-3H3/t11-/m0/s1. The van der Waals surface area contributed by atoms with Crippen molar-refractivity contribution in [2.24, 2.45) is 0 Å². The molecule has 0 bridgehead atoms. The minimum atomic E-state index is 0.503. The molecule has 0 saturated heterocycles. The maximum absolute atomic E-state index is 3.73. The van der Waals surface area contributed by atoms with E-state index in [0.29, 0.717) is 6.04 Å². The lowest BCUT2D eigenvalue weighted by atomic mass is 10.1. The van der Waals surface area contributed by atoms with Crippen molar-refractivity contribution in [2.75, 3.05) is 11.6 Å². The Bertz CT molecular complexity index is 292. The second-order valence-corrected chi connectivity index (χ2v) is 4.52. The van der Waals surface area contributed by atoms with E-state index < -0.39 is 0 Å². The molecule has 0 unspecified atom stereocenters. The number of rotatable bonds is 6. The van der Waals surface area contributed by atoms with Crippen molar-refractivity contribution in [3.8, 4) is 0 Å². The molecule has 0 aromatic heterocycles. The number of hydrogen-bond acceptors (Lipinski definition) is 2. The van der Waals surface area contributed by atoms with Gasteiger partial charge in [-0.3, -0.25) is 0 Å². The lowest BCUT2D eigenvalue weighted by Gasteiger charge is -2.14. The van der Waals surface area contributed by atoms with Crippen molar-refractivity contribution < 1.29 is 0 Å². The first-order valence-electron chi connectivity index (χ1n) is 5.27. The third-order valence-corrected chi connectivity index (χ3v) is 3.05. The molecule has 0 aliphatic heterocycles. The van der Waals surface area contributed by atoms with Crippen LogP contribution in [-0.2, 0) is 0 Å². The molecular weight excluding hydrogens is 202 g/mol. The summed E-state index contributed by atoms with van der Waals surface area (Å²) < 4.78 is 0. The fourth-order valence-corrected chi connectivity index (χ4v) is 1.82. The van der Waals surface area contributed by atoms with Gasteiger partial charge in [0.15, 0.2) is 0 Å². The van der Waals surface area contributed by atoms with Gasteiger partial charge >= 0.3 is 0 Å². The number of allylic oxidation sites excluding steroid dienone is 1. The van der Waals surface area contributed by atoms with Crippen molar-refractivity contribution in [2.45, 2.75) is 30.7 Å². The Morgan fingerprint density at radius 3 is 2.60 bits per heavy atom. The summed E-state index contributed by atoms with van der Waals surface area (Å²) in [7, 11) is 0. The third-order valence-electron chi connectivity index (χ3n) is 2.31. The van der Waals surface area contributed by atoms with Crippen LogP contribution >= 0.6 is 11.8 Å². The molecule has 2 heteroatoms. The summed E-state index contributed by atoms with van der Waals surface area (Å²) in [5, 5.41) is 3.47. The molecule has 1 aromatic rings. The van der Waals surface area contributed by atoms with E-state index in [1.807, 2.05) is 6.08 Å². The lowest BCUT2D eigenvalue weighted by molar-refractivity contribution is 0.719. The first-order chi connectivity index (χ1) is 7.26. The van der Waals surface area contributed by atoms with Crippen LogP contribution in [0.25, 0.3) is 0 Å². The Morgan fingerprint density at radius 2 is 2.07 bits per heavy atom. The molecule has 0 spiro atoms. The normalized spacial score (nSPS) is 12.1. The van der Waals surface area contributed by atoms with Crippen LogP contribution in [0.2, 0.25) is 0 Å². The van der Waals surface area contributed by atoms with Crippen LogP contribution in [0.5, 0.6) is 0 Å². The topological polar surface area (TPSA) is 12.0 Å². The number of nitrogens with one attached hydrogen (secondary N) is 1. The molecule has 0 saturated carbocycles. The van der Waals surface area contributed by atoms with Crippen LogP contribution in [0.3, 0.4) is 0 Å². The maximum atomic E-state index is 3.73. The van der Waals surface area contributed by atoms with Crippen LogP contribution in [0.1, 0.15) is 19.8 Å². The smallest absolute Gasteiger partial charge is 0.0342 e. The van der Waals surface area contributed by atoms with E-state index in [4.69, 9.17) is 0 Å². The average Bonchev–Trinajstić information content (AvgIpc) is 2.27. The third kappa shape index (κ3) is 4.43. The van der Waals surface area contributed by atoms with E-state index in [1.54, 1.807) is 11.8 Å². The van der Waals surface area contributed by atoms with Gasteiger partial charge in [-0.25, -0.2) is 0 Å². The monoisotopic (exact) mass is 221 g/mol. The van der Waals surface area contributed by atoms with Crippen LogP contribution in [-0.4, -0.2) is 12.3 Å². The zero-order valence-electron chi connectivity index (χ0n) is 9.49. The van der Waals surface area contributed by atoms with Gasteiger partial charge in [0.1, 0.15) is 0 Å². The molecule has 1 nitrogen and oxygen atoms in total. The Morgan fingerprint density at radius 1 is 1.40 bits per heavy atom. The minimum absolute atomic E-state index is 0.503. The van der Waals surface area contributed by atoms with Crippen LogP contribution < -0.4 is 5.32 Å². The Kier molecular flexibility index (Phi) is 5.33. The van der Waals surface area contributed by atoms with Crippen molar-refractivity contribution in [3.63, 3.8) is 0 Å². The van der Waals surface area contributed by atoms with Gasteiger partial charge in [0.2, 0.25) is 0 Å². The zero-order valence-corrected chi connectivity index (χ0v) is 10.3. The second kappa shape index (κ2) is 6.57. The highest BCUT2D eigenvalue weighted by molar-refractivity contribution is 7.98. The van der Waals surface area contributed by atoms with Crippen LogP contribution in [0, 0.1) is 0 Å². The molecule has 82 valence electrons. The lowest BCUT2D eigenvalue weighted by Crippen LogP contribution is -2.14. The molecule has 0 heterocycles. The predicted octanol–water partition coefficient (Wildman–Crippen LogP) is 4.18. The van der Waals surface area contributed by atoms with E-state index in [0.717, 1.165) is 12.8 Å². The fourth-order valence-electron chi connectivity index (χ4n) is 1.41. The van der Waals surface area contributed by atoms with Gasteiger partial charge in [0.25, 0.3) is 0 Å². The van der Waals surface area contributed by atoms with Gasteiger partial charge in [-0.1, -0.05) is 6.08 Å². The van der Waals surface area contributed by atoms with Gasteiger partial charge in [-0.2, -0.15) is 0 Å². The first kappa shape index (κ1) is 12.2. The van der Waals surface area contributed by atoms with E-state index in [1.165, 1.54) is 10.6 Å². The molecule has 0 aliphatic rings. The molecule has 1 rings (SSSR count). The van der Waals surface area contributed by atoms with Crippen molar-refractivity contribution in [1.29, 1.82) is 0 Å².